The molecule has 102 valence electrons. The molecule has 0 saturated carbocycles. The van der Waals surface area contributed by atoms with Gasteiger partial charge in [0, 0.05) is 18.2 Å². The normalized spacial score (nSPS) is 12.4. The van der Waals surface area contributed by atoms with Crippen LogP contribution in [0.4, 0.5) is 11.8 Å². The van der Waals surface area contributed by atoms with Gasteiger partial charge in [-0.05, 0) is 13.8 Å². The highest BCUT2D eigenvalue weighted by Gasteiger charge is 2.22. The number of aromatic nitrogens is 2. The predicted molar refractivity (Wildman–Crippen MR) is 72.0 cm³/mol. The highest BCUT2D eigenvalue weighted by molar-refractivity contribution is 7.88. The van der Waals surface area contributed by atoms with Gasteiger partial charge < -0.3 is 11.1 Å². The van der Waals surface area contributed by atoms with Gasteiger partial charge in [0.05, 0.1) is 6.26 Å². The minimum absolute atomic E-state index is 0.0545. The molecule has 4 N–H and O–H groups in total. The van der Waals surface area contributed by atoms with Crippen molar-refractivity contribution in [2.75, 3.05) is 23.9 Å². The first kappa shape index (κ1) is 14.9. The summed E-state index contributed by atoms with van der Waals surface area (Å²) in [6.45, 7) is 3.81. The molecule has 0 bridgehead atoms. The van der Waals surface area contributed by atoms with E-state index in [0.717, 1.165) is 6.26 Å². The van der Waals surface area contributed by atoms with Gasteiger partial charge >= 0.3 is 0 Å². The smallest absolute Gasteiger partial charge is 0.223 e. The Morgan fingerprint density at radius 3 is 2.56 bits per heavy atom. The highest BCUT2D eigenvalue weighted by atomic mass is 35.5. The first-order valence-corrected chi connectivity index (χ1v) is 7.37. The number of anilines is 2. The van der Waals surface area contributed by atoms with Gasteiger partial charge in [0.15, 0.2) is 0 Å². The number of nitrogens with two attached hydrogens (primary N) is 1. The summed E-state index contributed by atoms with van der Waals surface area (Å²) in [7, 11) is -3.28. The van der Waals surface area contributed by atoms with Crippen molar-refractivity contribution in [2.45, 2.75) is 19.4 Å². The third-order valence-electron chi connectivity index (χ3n) is 1.89. The summed E-state index contributed by atoms with van der Waals surface area (Å²) in [5, 5.41) is 3.17. The third-order valence-corrected chi connectivity index (χ3v) is 3.00. The second-order valence-corrected chi connectivity index (χ2v) is 6.68. The number of sulfonamides is 1. The predicted octanol–water partition coefficient (Wildman–Crippen LogP) is 0.452. The van der Waals surface area contributed by atoms with Crippen LogP contribution in [0.3, 0.4) is 0 Å². The number of nitrogen functional groups attached to an aromatic ring is 1. The minimum Gasteiger partial charge on any atom is -0.368 e. The van der Waals surface area contributed by atoms with E-state index in [1.165, 1.54) is 6.07 Å². The van der Waals surface area contributed by atoms with E-state index in [0.29, 0.717) is 12.4 Å². The van der Waals surface area contributed by atoms with Gasteiger partial charge in [-0.2, -0.15) is 4.98 Å². The molecule has 0 aliphatic carbocycles. The summed E-state index contributed by atoms with van der Waals surface area (Å²) in [5.41, 5.74) is 4.78. The molecule has 0 amide bonds. The molecule has 0 unspecified atom stereocenters. The maximum Gasteiger partial charge on any atom is 0.223 e. The quantitative estimate of drug-likeness (QED) is 0.680. The van der Waals surface area contributed by atoms with Crippen LogP contribution < -0.4 is 15.8 Å². The highest BCUT2D eigenvalue weighted by Crippen LogP contribution is 2.13. The van der Waals surface area contributed by atoms with E-state index in [2.05, 4.69) is 20.0 Å². The van der Waals surface area contributed by atoms with Crippen LogP contribution in [0.2, 0.25) is 5.15 Å². The van der Waals surface area contributed by atoms with E-state index in [-0.39, 0.29) is 11.1 Å². The van der Waals surface area contributed by atoms with Crippen LogP contribution in [0, 0.1) is 0 Å². The molecule has 1 heterocycles. The van der Waals surface area contributed by atoms with Gasteiger partial charge in [-0.15, -0.1) is 0 Å². The molecule has 0 fully saturated rings. The zero-order valence-electron chi connectivity index (χ0n) is 10.4. The first-order valence-electron chi connectivity index (χ1n) is 5.10. The van der Waals surface area contributed by atoms with Crippen molar-refractivity contribution in [1.29, 1.82) is 0 Å². The number of hydrogen-bond acceptors (Lipinski definition) is 6. The monoisotopic (exact) mass is 293 g/mol. The fraction of sp³-hybridized carbons (Fsp3) is 0.556. The second kappa shape index (κ2) is 5.25. The third kappa shape index (κ3) is 5.48. The average molecular weight is 294 g/mol. The van der Waals surface area contributed by atoms with Gasteiger partial charge in [0.25, 0.3) is 0 Å². The molecule has 0 aliphatic heterocycles. The zero-order valence-corrected chi connectivity index (χ0v) is 11.9. The summed E-state index contributed by atoms with van der Waals surface area (Å²) >= 11 is 5.72. The minimum atomic E-state index is -3.28. The molecule has 1 aromatic rings. The molecule has 1 rings (SSSR count). The Balaban J connectivity index is 2.69. The number of nitrogens with zero attached hydrogens (tertiary/aromatic N) is 2. The summed E-state index contributed by atoms with van der Waals surface area (Å²) in [4.78, 5) is 7.65. The molecule has 0 aromatic carbocycles. The van der Waals surface area contributed by atoms with E-state index in [4.69, 9.17) is 17.3 Å². The van der Waals surface area contributed by atoms with E-state index in [9.17, 15) is 8.42 Å². The van der Waals surface area contributed by atoms with Crippen LogP contribution in [0.5, 0.6) is 0 Å². The Hall–Kier alpha value is -1.12. The molecule has 0 saturated heterocycles. The largest absolute Gasteiger partial charge is 0.368 e. The van der Waals surface area contributed by atoms with Crippen molar-refractivity contribution in [1.82, 2.24) is 14.7 Å². The summed E-state index contributed by atoms with van der Waals surface area (Å²) in [6, 6.07) is 1.51. The maximum absolute atomic E-state index is 11.2. The lowest BCUT2D eigenvalue weighted by Gasteiger charge is -2.25. The SMILES string of the molecule is CC(C)(CNc1cc(Cl)nc(N)n1)NS(C)(=O)=O. The van der Waals surface area contributed by atoms with Crippen LogP contribution in [0.15, 0.2) is 6.07 Å². The molecule has 7 nitrogen and oxygen atoms in total. The zero-order chi connectivity index (χ0) is 14.0. The van der Waals surface area contributed by atoms with E-state index >= 15 is 0 Å². The van der Waals surface area contributed by atoms with Crippen molar-refractivity contribution >= 4 is 33.4 Å². The van der Waals surface area contributed by atoms with Crippen LogP contribution >= 0.6 is 11.6 Å². The fourth-order valence-corrected chi connectivity index (χ4v) is 2.64. The van der Waals surface area contributed by atoms with Crippen LogP contribution in [0.1, 0.15) is 13.8 Å². The van der Waals surface area contributed by atoms with Gasteiger partial charge in [0.1, 0.15) is 11.0 Å². The number of halogens is 1. The summed E-state index contributed by atoms with van der Waals surface area (Å²) < 4.78 is 24.8. The molecule has 1 aromatic heterocycles. The molecular formula is C9H16ClN5O2S. The topological polar surface area (TPSA) is 110 Å². The van der Waals surface area contributed by atoms with Crippen molar-refractivity contribution in [3.63, 3.8) is 0 Å². The molecule has 0 aliphatic rings. The van der Waals surface area contributed by atoms with Crippen molar-refractivity contribution in [3.8, 4) is 0 Å². The van der Waals surface area contributed by atoms with Crippen LogP contribution in [-0.2, 0) is 10.0 Å². The van der Waals surface area contributed by atoms with Gasteiger partial charge in [0.2, 0.25) is 16.0 Å². The standard InChI is InChI=1S/C9H16ClN5O2S/c1-9(2,15-18(3,16)17)5-12-7-4-6(10)13-8(11)14-7/h4,15H,5H2,1-3H3,(H3,11,12,13,14). The van der Waals surface area contributed by atoms with E-state index in [1.54, 1.807) is 13.8 Å². The Morgan fingerprint density at radius 2 is 2.06 bits per heavy atom. The summed E-state index contributed by atoms with van der Waals surface area (Å²) in [5.74, 6) is 0.495. The molecule has 0 spiro atoms. The number of rotatable bonds is 5. The number of nitrogens with one attached hydrogen (secondary N) is 2. The van der Waals surface area contributed by atoms with Crippen LogP contribution in [0.25, 0.3) is 0 Å². The molecule has 9 heteroatoms. The molecule has 0 atom stereocenters. The fourth-order valence-electron chi connectivity index (χ4n) is 1.38. The van der Waals surface area contributed by atoms with Crippen LogP contribution in [-0.4, -0.2) is 36.7 Å². The van der Waals surface area contributed by atoms with Crippen molar-refractivity contribution in [3.05, 3.63) is 11.2 Å². The lowest BCUT2D eigenvalue weighted by molar-refractivity contribution is 0.476. The maximum atomic E-state index is 11.2. The Kier molecular flexibility index (Phi) is 4.36. The van der Waals surface area contributed by atoms with Gasteiger partial charge in [-0.25, -0.2) is 18.1 Å². The Labute approximate surface area is 111 Å². The summed E-state index contributed by atoms with van der Waals surface area (Å²) in [6.07, 6.45) is 1.11. The van der Waals surface area contributed by atoms with E-state index < -0.39 is 15.6 Å². The Bertz CT molecular complexity index is 512. The lowest BCUT2D eigenvalue weighted by atomic mass is 10.1. The molecule has 0 radical (unpaired) electrons. The van der Waals surface area contributed by atoms with Gasteiger partial charge in [-0.1, -0.05) is 11.6 Å². The molecular weight excluding hydrogens is 278 g/mol. The Morgan fingerprint density at radius 1 is 1.44 bits per heavy atom. The second-order valence-electron chi connectivity index (χ2n) is 4.55. The van der Waals surface area contributed by atoms with Crippen molar-refractivity contribution in [2.24, 2.45) is 0 Å². The average Bonchev–Trinajstić information content (AvgIpc) is 2.09. The lowest BCUT2D eigenvalue weighted by Crippen LogP contribution is -2.47. The molecule has 18 heavy (non-hydrogen) atoms. The van der Waals surface area contributed by atoms with Gasteiger partial charge in [-0.3, -0.25) is 0 Å². The van der Waals surface area contributed by atoms with Crippen molar-refractivity contribution < 1.29 is 8.42 Å². The number of hydrogen-bond donors (Lipinski definition) is 3. The first-order chi connectivity index (χ1) is 8.07. The van der Waals surface area contributed by atoms with E-state index in [1.807, 2.05) is 0 Å².